The molecule has 8 nitrogen and oxygen atoms in total. The van der Waals surface area contributed by atoms with Crippen LogP contribution in [0.1, 0.15) is 32.2 Å². The van der Waals surface area contributed by atoms with Gasteiger partial charge in [0.1, 0.15) is 5.69 Å². The molecule has 0 radical (unpaired) electrons. The van der Waals surface area contributed by atoms with Crippen LogP contribution in [0.5, 0.6) is 0 Å². The van der Waals surface area contributed by atoms with Crippen molar-refractivity contribution in [3.63, 3.8) is 0 Å². The largest absolute Gasteiger partial charge is 0.350 e. The van der Waals surface area contributed by atoms with Crippen LogP contribution in [-0.2, 0) is 17.8 Å². The molecule has 0 spiro atoms. The Balaban J connectivity index is 1.62. The molecule has 0 unspecified atom stereocenters. The highest BCUT2D eigenvalue weighted by Crippen LogP contribution is 2.26. The fourth-order valence-electron chi connectivity index (χ4n) is 3.28. The fourth-order valence-corrected chi connectivity index (χ4v) is 3.51. The molecule has 2 aromatic heterocycles. The van der Waals surface area contributed by atoms with E-state index in [1.54, 1.807) is 17.0 Å². The lowest BCUT2D eigenvalue weighted by atomic mass is 10.0. The van der Waals surface area contributed by atoms with Crippen LogP contribution < -0.4 is 0 Å². The number of nitrogens with zero attached hydrogens (tertiary/aromatic N) is 3. The lowest BCUT2D eigenvalue weighted by Gasteiger charge is -2.27. The first-order valence-corrected chi connectivity index (χ1v) is 8.82. The third kappa shape index (κ3) is 2.96. The van der Waals surface area contributed by atoms with E-state index in [0.29, 0.717) is 30.2 Å². The van der Waals surface area contributed by atoms with E-state index in [4.69, 9.17) is 16.4 Å². The average molecular weight is 388 g/mol. The third-order valence-corrected chi connectivity index (χ3v) is 5.15. The molecular weight excluding hydrogens is 370 g/mol. The maximum absolute atomic E-state index is 13.0. The maximum Gasteiger partial charge on any atom is 0.297 e. The first-order chi connectivity index (χ1) is 13.0. The molecule has 140 valence electrons. The zero-order chi connectivity index (χ0) is 19.1. The number of carbonyl (C=O) groups excluding carboxylic acids is 2. The number of rotatable bonds is 3. The van der Waals surface area contributed by atoms with Crippen molar-refractivity contribution in [1.29, 1.82) is 0 Å². The van der Waals surface area contributed by atoms with Gasteiger partial charge < -0.3 is 9.88 Å². The highest BCUT2D eigenvalue weighted by molar-refractivity contribution is 6.35. The van der Waals surface area contributed by atoms with Crippen molar-refractivity contribution in [3.8, 4) is 0 Å². The summed E-state index contributed by atoms with van der Waals surface area (Å²) in [6, 6.07) is 7.25. The van der Waals surface area contributed by atoms with Gasteiger partial charge in [0.2, 0.25) is 0 Å². The molecule has 2 amide bonds. The van der Waals surface area contributed by atoms with Gasteiger partial charge >= 0.3 is 0 Å². The van der Waals surface area contributed by atoms with E-state index in [2.05, 4.69) is 15.2 Å². The Labute approximate surface area is 160 Å². The summed E-state index contributed by atoms with van der Waals surface area (Å²) in [5.74, 6) is -0.505. The van der Waals surface area contributed by atoms with Gasteiger partial charge in [-0.1, -0.05) is 17.7 Å². The minimum absolute atomic E-state index is 0.146. The number of fused-ring (bicyclic) bond motifs is 2. The molecule has 1 aliphatic rings. The second kappa shape index (κ2) is 6.71. The highest BCUT2D eigenvalue weighted by atomic mass is 35.5. The Kier molecular flexibility index (Phi) is 4.37. The SMILES string of the molecule is CON(C)C(=O)c1n[nH]c2c1CN(C(=O)c1cc3c(Cl)cccc3[nH]1)CC2. The van der Waals surface area contributed by atoms with Crippen LogP contribution in [0.2, 0.25) is 5.02 Å². The summed E-state index contributed by atoms with van der Waals surface area (Å²) >= 11 is 6.20. The van der Waals surface area contributed by atoms with Gasteiger partial charge in [-0.2, -0.15) is 5.10 Å². The Morgan fingerprint density at radius 1 is 1.37 bits per heavy atom. The smallest absolute Gasteiger partial charge is 0.297 e. The number of hydrogen-bond acceptors (Lipinski definition) is 4. The number of carbonyl (C=O) groups is 2. The number of H-pyrrole nitrogens is 2. The number of aromatic amines is 2. The second-order valence-corrected chi connectivity index (χ2v) is 6.78. The van der Waals surface area contributed by atoms with E-state index in [1.807, 2.05) is 12.1 Å². The quantitative estimate of drug-likeness (QED) is 0.674. The molecule has 0 atom stereocenters. The molecule has 3 aromatic rings. The number of amides is 2. The van der Waals surface area contributed by atoms with Crippen LogP contribution in [-0.4, -0.2) is 57.7 Å². The van der Waals surface area contributed by atoms with Crippen LogP contribution >= 0.6 is 11.6 Å². The van der Waals surface area contributed by atoms with Crippen LogP contribution in [0.3, 0.4) is 0 Å². The summed E-state index contributed by atoms with van der Waals surface area (Å²) in [6.07, 6.45) is 0.596. The van der Waals surface area contributed by atoms with Gasteiger partial charge in [0.15, 0.2) is 5.69 Å². The van der Waals surface area contributed by atoms with E-state index in [9.17, 15) is 9.59 Å². The van der Waals surface area contributed by atoms with Gasteiger partial charge in [0, 0.05) is 47.2 Å². The number of hydroxylamine groups is 2. The van der Waals surface area contributed by atoms with E-state index < -0.39 is 0 Å². The average Bonchev–Trinajstić information content (AvgIpc) is 3.30. The Bertz CT molecular complexity index is 1040. The van der Waals surface area contributed by atoms with Crippen LogP contribution in [0.25, 0.3) is 10.9 Å². The minimum Gasteiger partial charge on any atom is -0.350 e. The summed E-state index contributed by atoms with van der Waals surface area (Å²) < 4.78 is 0. The normalized spacial score (nSPS) is 13.7. The van der Waals surface area contributed by atoms with Crippen LogP contribution in [0.4, 0.5) is 0 Å². The van der Waals surface area contributed by atoms with Gasteiger partial charge in [-0.05, 0) is 18.2 Å². The monoisotopic (exact) mass is 387 g/mol. The number of nitrogens with one attached hydrogen (secondary N) is 2. The van der Waals surface area contributed by atoms with Crippen molar-refractivity contribution in [2.75, 3.05) is 20.7 Å². The van der Waals surface area contributed by atoms with Gasteiger partial charge in [0.25, 0.3) is 11.8 Å². The predicted octanol–water partition coefficient (Wildman–Crippen LogP) is 2.38. The highest BCUT2D eigenvalue weighted by Gasteiger charge is 2.30. The number of aromatic nitrogens is 3. The van der Waals surface area contributed by atoms with E-state index >= 15 is 0 Å². The molecule has 0 saturated heterocycles. The molecule has 3 heterocycles. The van der Waals surface area contributed by atoms with Crippen molar-refractivity contribution >= 4 is 34.3 Å². The topological polar surface area (TPSA) is 94.3 Å². The first kappa shape index (κ1) is 17.6. The van der Waals surface area contributed by atoms with Crippen molar-refractivity contribution in [1.82, 2.24) is 25.1 Å². The van der Waals surface area contributed by atoms with E-state index in [1.165, 1.54) is 14.2 Å². The molecule has 4 rings (SSSR count). The Hall–Kier alpha value is -2.84. The molecular formula is C18H18ClN5O3. The number of hydrogen-bond donors (Lipinski definition) is 2. The molecule has 1 aromatic carbocycles. The first-order valence-electron chi connectivity index (χ1n) is 8.44. The van der Waals surface area contributed by atoms with Gasteiger partial charge in [-0.3, -0.25) is 19.5 Å². The Morgan fingerprint density at radius 3 is 2.93 bits per heavy atom. The standard InChI is InChI=1S/C18H18ClN5O3/c1-23(27-2)18(26)16-11-9-24(7-6-14(11)21-22-16)17(25)15-8-10-12(19)4-3-5-13(10)20-15/h3-5,8,20H,6-7,9H2,1-2H3,(H,21,22). The fraction of sp³-hybridized carbons (Fsp3) is 0.278. The minimum atomic E-state index is -0.360. The number of benzene rings is 1. The summed E-state index contributed by atoms with van der Waals surface area (Å²) in [5, 5.41) is 9.52. The zero-order valence-corrected chi connectivity index (χ0v) is 15.6. The molecule has 1 aliphatic heterocycles. The predicted molar refractivity (Wildman–Crippen MR) is 99.4 cm³/mol. The zero-order valence-electron chi connectivity index (χ0n) is 14.9. The van der Waals surface area contributed by atoms with Crippen LogP contribution in [0, 0.1) is 0 Å². The van der Waals surface area contributed by atoms with Gasteiger partial charge in [-0.25, -0.2) is 5.06 Å². The van der Waals surface area contributed by atoms with Crippen molar-refractivity contribution in [2.45, 2.75) is 13.0 Å². The lowest BCUT2D eigenvalue weighted by molar-refractivity contribution is -0.0761. The molecule has 9 heteroatoms. The molecule has 0 saturated carbocycles. The van der Waals surface area contributed by atoms with Crippen molar-refractivity contribution in [2.24, 2.45) is 0 Å². The number of halogens is 1. The summed E-state index contributed by atoms with van der Waals surface area (Å²) in [5.41, 5.74) is 3.13. The maximum atomic E-state index is 13.0. The summed E-state index contributed by atoms with van der Waals surface area (Å²) in [6.45, 7) is 0.831. The molecule has 2 N–H and O–H groups in total. The summed E-state index contributed by atoms with van der Waals surface area (Å²) in [7, 11) is 2.93. The van der Waals surface area contributed by atoms with Gasteiger partial charge in [0.05, 0.1) is 13.7 Å². The lowest BCUT2D eigenvalue weighted by Crippen LogP contribution is -2.37. The van der Waals surface area contributed by atoms with Gasteiger partial charge in [-0.15, -0.1) is 0 Å². The van der Waals surface area contributed by atoms with Crippen LogP contribution in [0.15, 0.2) is 24.3 Å². The van der Waals surface area contributed by atoms with Crippen molar-refractivity contribution in [3.05, 3.63) is 51.9 Å². The Morgan fingerprint density at radius 2 is 2.19 bits per heavy atom. The third-order valence-electron chi connectivity index (χ3n) is 4.82. The second-order valence-electron chi connectivity index (χ2n) is 6.38. The molecule has 0 aliphatic carbocycles. The molecule has 0 bridgehead atoms. The van der Waals surface area contributed by atoms with Crippen molar-refractivity contribution < 1.29 is 14.4 Å². The molecule has 27 heavy (non-hydrogen) atoms. The summed E-state index contributed by atoms with van der Waals surface area (Å²) in [4.78, 5) is 35.2. The van der Waals surface area contributed by atoms with E-state index in [0.717, 1.165) is 27.2 Å². The van der Waals surface area contributed by atoms with E-state index in [-0.39, 0.29) is 17.5 Å². The molecule has 0 fully saturated rings.